The lowest BCUT2D eigenvalue weighted by atomic mass is 10.2. The van der Waals surface area contributed by atoms with Crippen molar-refractivity contribution in [3.05, 3.63) is 70.4 Å². The van der Waals surface area contributed by atoms with E-state index in [0.29, 0.717) is 11.4 Å². The molecule has 8 nitrogen and oxygen atoms in total. The van der Waals surface area contributed by atoms with Crippen LogP contribution in [0.25, 0.3) is 5.69 Å². The van der Waals surface area contributed by atoms with E-state index < -0.39 is 0 Å². The van der Waals surface area contributed by atoms with Crippen molar-refractivity contribution in [2.75, 3.05) is 6.54 Å². The van der Waals surface area contributed by atoms with Gasteiger partial charge in [0.25, 0.3) is 11.5 Å². The number of para-hydroxylation sites is 1. The van der Waals surface area contributed by atoms with E-state index >= 15 is 0 Å². The second-order valence-electron chi connectivity index (χ2n) is 5.11. The Morgan fingerprint density at radius 3 is 2.76 bits per heavy atom. The normalized spacial score (nSPS) is 10.2. The van der Waals surface area contributed by atoms with Gasteiger partial charge in [-0.1, -0.05) is 24.1 Å². The molecule has 0 spiro atoms. The van der Waals surface area contributed by atoms with Gasteiger partial charge in [0.15, 0.2) is 5.82 Å². The molecule has 2 heterocycles. The summed E-state index contributed by atoms with van der Waals surface area (Å²) in [6, 6.07) is 12.1. The van der Waals surface area contributed by atoms with Gasteiger partial charge >= 0.3 is 0 Å². The highest BCUT2D eigenvalue weighted by molar-refractivity contribution is 5.93. The van der Waals surface area contributed by atoms with Crippen molar-refractivity contribution in [3.8, 4) is 18.0 Å². The van der Waals surface area contributed by atoms with E-state index in [2.05, 4.69) is 26.8 Å². The Morgan fingerprint density at radius 1 is 1.20 bits per heavy atom. The van der Waals surface area contributed by atoms with E-state index in [1.807, 2.05) is 30.3 Å². The summed E-state index contributed by atoms with van der Waals surface area (Å²) in [4.78, 5) is 24.1. The van der Waals surface area contributed by atoms with Crippen molar-refractivity contribution in [3.63, 3.8) is 0 Å². The van der Waals surface area contributed by atoms with Gasteiger partial charge in [-0.25, -0.2) is 0 Å². The molecule has 3 aromatic rings. The molecule has 0 atom stereocenters. The zero-order valence-electron chi connectivity index (χ0n) is 13.2. The molecule has 0 aliphatic rings. The van der Waals surface area contributed by atoms with E-state index in [9.17, 15) is 9.59 Å². The van der Waals surface area contributed by atoms with Crippen molar-refractivity contribution in [1.82, 2.24) is 30.1 Å². The van der Waals surface area contributed by atoms with Gasteiger partial charge in [-0.2, -0.15) is 4.68 Å². The summed E-state index contributed by atoms with van der Waals surface area (Å²) >= 11 is 0. The first-order chi connectivity index (χ1) is 12.2. The Kier molecular flexibility index (Phi) is 4.67. The minimum atomic E-state index is -0.352. The van der Waals surface area contributed by atoms with Crippen LogP contribution in [0, 0.1) is 12.3 Å². The molecule has 0 saturated carbocycles. The van der Waals surface area contributed by atoms with Crippen LogP contribution >= 0.6 is 0 Å². The highest BCUT2D eigenvalue weighted by Gasteiger charge is 2.12. The first-order valence-electron chi connectivity index (χ1n) is 7.44. The summed E-state index contributed by atoms with van der Waals surface area (Å²) in [5.41, 5.74) is 0.836. The van der Waals surface area contributed by atoms with Crippen molar-refractivity contribution < 1.29 is 4.79 Å². The predicted octanol–water partition coefficient (Wildman–Crippen LogP) is 0.235. The zero-order chi connectivity index (χ0) is 17.6. The highest BCUT2D eigenvalue weighted by atomic mass is 16.2. The smallest absolute Gasteiger partial charge is 0.253 e. The maximum atomic E-state index is 12.1. The second kappa shape index (κ2) is 7.23. The van der Waals surface area contributed by atoms with E-state index in [4.69, 9.17) is 6.42 Å². The van der Waals surface area contributed by atoms with Crippen LogP contribution in [0.4, 0.5) is 0 Å². The molecule has 0 unspecified atom stereocenters. The monoisotopic (exact) mass is 334 g/mol. The topological polar surface area (TPSA) is 94.7 Å². The number of terminal acetylenes is 1. The third-order valence-corrected chi connectivity index (χ3v) is 3.44. The summed E-state index contributed by atoms with van der Waals surface area (Å²) in [6.45, 7) is 0.237. The molecule has 25 heavy (non-hydrogen) atoms. The number of carbonyl (C=O) groups excluding carboxylic acids is 1. The quantitative estimate of drug-likeness (QED) is 0.674. The van der Waals surface area contributed by atoms with Gasteiger partial charge in [-0.3, -0.25) is 9.59 Å². The summed E-state index contributed by atoms with van der Waals surface area (Å²) in [7, 11) is 0. The van der Waals surface area contributed by atoms with Crippen LogP contribution in [0.3, 0.4) is 0 Å². The third kappa shape index (κ3) is 3.61. The number of nitrogens with zero attached hydrogens (tertiary/aromatic N) is 5. The summed E-state index contributed by atoms with van der Waals surface area (Å²) < 4.78 is 2.91. The Bertz CT molecular complexity index is 984. The molecule has 1 aromatic carbocycles. The predicted molar refractivity (Wildman–Crippen MR) is 90.1 cm³/mol. The van der Waals surface area contributed by atoms with Crippen LogP contribution in [-0.4, -0.2) is 37.2 Å². The van der Waals surface area contributed by atoms with Crippen LogP contribution in [-0.2, 0) is 6.54 Å². The Balaban J connectivity index is 1.90. The number of tetrazole rings is 1. The van der Waals surface area contributed by atoms with Crippen LogP contribution in [0.5, 0.6) is 0 Å². The average molecular weight is 334 g/mol. The lowest BCUT2D eigenvalue weighted by molar-refractivity contribution is 0.0958. The minimum absolute atomic E-state index is 0.115. The number of benzene rings is 1. The van der Waals surface area contributed by atoms with Gasteiger partial charge in [0, 0.05) is 12.3 Å². The minimum Gasteiger partial charge on any atom is -0.341 e. The van der Waals surface area contributed by atoms with Crippen molar-refractivity contribution in [2.45, 2.75) is 6.54 Å². The van der Waals surface area contributed by atoms with Gasteiger partial charge in [-0.15, -0.1) is 11.5 Å². The summed E-state index contributed by atoms with van der Waals surface area (Å²) in [5.74, 6) is 2.44. The molecule has 0 radical (unpaired) electrons. The maximum Gasteiger partial charge on any atom is 0.253 e. The van der Waals surface area contributed by atoms with Crippen LogP contribution in [0.2, 0.25) is 0 Å². The standard InChI is InChI=1S/C17H14N6O2/c1-2-10-18-17(25)13-8-9-16(24)22(11-13)12-15-19-20-21-23(15)14-6-4-3-5-7-14/h1,3-9,11H,10,12H2,(H,18,25). The number of aromatic nitrogens is 5. The molecule has 124 valence electrons. The number of hydrogen-bond acceptors (Lipinski definition) is 5. The number of nitrogens with one attached hydrogen (secondary N) is 1. The van der Waals surface area contributed by atoms with Crippen molar-refractivity contribution >= 4 is 5.91 Å². The van der Waals surface area contributed by atoms with Gasteiger partial charge in [0.2, 0.25) is 0 Å². The summed E-state index contributed by atoms with van der Waals surface area (Å²) in [5, 5.41) is 14.1. The highest BCUT2D eigenvalue weighted by Crippen LogP contribution is 2.08. The first kappa shape index (κ1) is 16.1. The van der Waals surface area contributed by atoms with Crippen molar-refractivity contribution in [2.24, 2.45) is 0 Å². The molecule has 0 saturated heterocycles. The van der Waals surface area contributed by atoms with Crippen LogP contribution in [0.15, 0.2) is 53.5 Å². The fraction of sp³-hybridized carbons (Fsp3) is 0.118. The Morgan fingerprint density at radius 2 is 2.00 bits per heavy atom. The molecule has 1 amide bonds. The molecule has 8 heteroatoms. The lowest BCUT2D eigenvalue weighted by Crippen LogP contribution is -2.27. The second-order valence-corrected chi connectivity index (χ2v) is 5.11. The van der Waals surface area contributed by atoms with Gasteiger partial charge in [0.05, 0.1) is 24.3 Å². The molecular weight excluding hydrogens is 320 g/mol. The molecule has 3 rings (SSSR count). The Labute approximate surface area is 143 Å². The molecular formula is C17H14N6O2. The zero-order valence-corrected chi connectivity index (χ0v) is 13.2. The van der Waals surface area contributed by atoms with Gasteiger partial charge in [-0.05, 0) is 28.6 Å². The average Bonchev–Trinajstić information content (AvgIpc) is 3.10. The SMILES string of the molecule is C#CCNC(=O)c1ccc(=O)n(Cc2nnnn2-c2ccccc2)c1. The molecule has 0 aliphatic heterocycles. The fourth-order valence-electron chi connectivity index (χ4n) is 2.25. The number of carbonyl (C=O) groups is 1. The maximum absolute atomic E-state index is 12.1. The number of rotatable bonds is 5. The molecule has 0 aliphatic carbocycles. The van der Waals surface area contributed by atoms with Gasteiger partial charge < -0.3 is 9.88 Å². The van der Waals surface area contributed by atoms with E-state index in [0.717, 1.165) is 5.69 Å². The van der Waals surface area contributed by atoms with E-state index in [1.54, 1.807) is 0 Å². The van der Waals surface area contributed by atoms with Crippen molar-refractivity contribution in [1.29, 1.82) is 0 Å². The largest absolute Gasteiger partial charge is 0.341 e. The number of amides is 1. The Hall–Kier alpha value is -3.73. The number of hydrogen-bond donors (Lipinski definition) is 1. The molecule has 1 N–H and O–H groups in total. The summed E-state index contributed by atoms with van der Waals surface area (Å²) in [6.07, 6.45) is 6.58. The number of pyridine rings is 1. The van der Waals surface area contributed by atoms with Gasteiger partial charge in [0.1, 0.15) is 0 Å². The van der Waals surface area contributed by atoms with E-state index in [-0.39, 0.29) is 24.6 Å². The molecule has 0 fully saturated rings. The molecule has 0 bridgehead atoms. The lowest BCUT2D eigenvalue weighted by Gasteiger charge is -2.08. The van der Waals surface area contributed by atoms with E-state index in [1.165, 1.54) is 27.6 Å². The molecule has 2 aromatic heterocycles. The fourth-order valence-corrected chi connectivity index (χ4v) is 2.25. The van der Waals surface area contributed by atoms with Crippen LogP contribution in [0.1, 0.15) is 16.2 Å². The third-order valence-electron chi connectivity index (χ3n) is 3.44. The first-order valence-corrected chi connectivity index (χ1v) is 7.44. The van der Waals surface area contributed by atoms with Crippen LogP contribution < -0.4 is 10.9 Å².